The second kappa shape index (κ2) is 13.2. The third-order valence-electron chi connectivity index (χ3n) is 9.30. The minimum atomic E-state index is -0.770. The molecule has 0 bridgehead atoms. The van der Waals surface area contributed by atoms with Gasteiger partial charge in [-0.3, -0.25) is 14.9 Å². The number of hydrogen-bond acceptors (Lipinski definition) is 6. The Kier molecular flexibility index (Phi) is 8.55. The number of rotatable bonds is 9. The van der Waals surface area contributed by atoms with Crippen molar-refractivity contribution < 1.29 is 23.9 Å². The highest BCUT2D eigenvalue weighted by Gasteiger charge is 2.40. The number of imide groups is 2. The summed E-state index contributed by atoms with van der Waals surface area (Å²) in [4.78, 5) is 44.5. The topological polar surface area (TPSA) is 88.2 Å². The Morgan fingerprint density at radius 3 is 2.02 bits per heavy atom. The number of carbonyl (C=O) groups is 3. The van der Waals surface area contributed by atoms with Crippen LogP contribution in [0.2, 0.25) is 0 Å². The molecule has 1 fully saturated rings. The molecule has 0 aromatic heterocycles. The fraction of sp³-hybridized carbons (Fsp3) is 0.225. The van der Waals surface area contributed by atoms with Crippen LogP contribution in [-0.4, -0.2) is 44.1 Å². The zero-order valence-electron chi connectivity index (χ0n) is 26.9. The molecule has 242 valence electrons. The molecule has 0 radical (unpaired) electrons. The number of ether oxygens (including phenoxy) is 2. The second-order valence-electron chi connectivity index (χ2n) is 12.2. The summed E-state index contributed by atoms with van der Waals surface area (Å²) in [6.07, 6.45) is 4.95. The largest absolute Gasteiger partial charge is 0.490 e. The number of amides is 4. The van der Waals surface area contributed by atoms with Crippen LogP contribution in [0.15, 0.2) is 109 Å². The van der Waals surface area contributed by atoms with Crippen LogP contribution in [0.5, 0.6) is 11.5 Å². The van der Waals surface area contributed by atoms with E-state index >= 15 is 0 Å². The SMILES string of the molecule is C=CCOc1ccc(/C=C2\C(=O)NC(=O)N(c3cc4c5c(c3)[C@H](c3ccccc3)CCN5CC[C@@H]4c3ccccc3)C2=O)cc1OCC. The van der Waals surface area contributed by atoms with E-state index in [0.29, 0.717) is 36.0 Å². The number of anilines is 2. The van der Waals surface area contributed by atoms with Crippen molar-refractivity contribution in [3.05, 3.63) is 137 Å². The standard InChI is InChI=1S/C40H37N3O5/c1-3-21-48-35-16-15-26(23-36(35)47-4-2)22-34-38(44)41-40(46)43(39(34)45)29-24-32-30(27-11-7-5-8-12-27)17-19-42-20-18-31(33(25-29)37(32)42)28-13-9-6-10-14-28/h3,5-16,22-25,30-31H,1,4,17-21H2,2H3,(H,41,44,46)/b34-22+/t30-,31+. The summed E-state index contributed by atoms with van der Waals surface area (Å²) in [6, 6.07) is 29.1. The molecule has 4 aromatic carbocycles. The molecule has 0 spiro atoms. The summed E-state index contributed by atoms with van der Waals surface area (Å²) in [7, 11) is 0. The number of nitrogens with zero attached hydrogens (tertiary/aromatic N) is 2. The van der Waals surface area contributed by atoms with E-state index in [4.69, 9.17) is 9.47 Å². The van der Waals surface area contributed by atoms with Crippen molar-refractivity contribution >= 4 is 35.3 Å². The minimum absolute atomic E-state index is 0.0871. The first-order valence-corrected chi connectivity index (χ1v) is 16.4. The third kappa shape index (κ3) is 5.74. The normalized spacial score (nSPS) is 19.5. The summed E-state index contributed by atoms with van der Waals surface area (Å²) in [5, 5.41) is 2.42. The molecular weight excluding hydrogens is 602 g/mol. The van der Waals surface area contributed by atoms with Gasteiger partial charge in [0.25, 0.3) is 11.8 Å². The van der Waals surface area contributed by atoms with Gasteiger partial charge in [0.05, 0.1) is 12.3 Å². The average molecular weight is 640 g/mol. The van der Waals surface area contributed by atoms with E-state index in [0.717, 1.165) is 42.0 Å². The van der Waals surface area contributed by atoms with Gasteiger partial charge in [0, 0.05) is 30.6 Å². The first-order valence-electron chi connectivity index (χ1n) is 16.4. The Morgan fingerprint density at radius 2 is 1.44 bits per heavy atom. The average Bonchev–Trinajstić information content (AvgIpc) is 3.11. The fourth-order valence-corrected chi connectivity index (χ4v) is 7.18. The first kappa shape index (κ1) is 31.0. The lowest BCUT2D eigenvalue weighted by atomic mass is 9.76. The molecule has 48 heavy (non-hydrogen) atoms. The van der Waals surface area contributed by atoms with Crippen LogP contribution in [0.1, 0.15) is 59.4 Å². The van der Waals surface area contributed by atoms with Gasteiger partial charge in [0.2, 0.25) is 0 Å². The van der Waals surface area contributed by atoms with Crippen LogP contribution < -0.4 is 24.6 Å². The zero-order valence-corrected chi connectivity index (χ0v) is 26.9. The highest BCUT2D eigenvalue weighted by Crippen LogP contribution is 2.50. The third-order valence-corrected chi connectivity index (χ3v) is 9.30. The molecule has 8 nitrogen and oxygen atoms in total. The fourth-order valence-electron chi connectivity index (χ4n) is 7.18. The second-order valence-corrected chi connectivity index (χ2v) is 12.2. The number of carbonyl (C=O) groups excluding carboxylic acids is 3. The van der Waals surface area contributed by atoms with Crippen LogP contribution in [0, 0.1) is 0 Å². The van der Waals surface area contributed by atoms with Crippen molar-refractivity contribution in [3.63, 3.8) is 0 Å². The minimum Gasteiger partial charge on any atom is -0.490 e. The van der Waals surface area contributed by atoms with Gasteiger partial charge in [0.1, 0.15) is 12.2 Å². The Morgan fingerprint density at radius 1 is 0.812 bits per heavy atom. The first-order chi connectivity index (χ1) is 23.5. The van der Waals surface area contributed by atoms with E-state index in [1.807, 2.05) is 55.5 Å². The van der Waals surface area contributed by atoms with Crippen molar-refractivity contribution in [1.82, 2.24) is 5.32 Å². The summed E-state index contributed by atoms with van der Waals surface area (Å²) in [5.74, 6) is -0.262. The van der Waals surface area contributed by atoms with Gasteiger partial charge in [-0.15, -0.1) is 0 Å². The van der Waals surface area contributed by atoms with Gasteiger partial charge >= 0.3 is 6.03 Å². The lowest BCUT2D eigenvalue weighted by Crippen LogP contribution is -2.54. The maximum atomic E-state index is 14.2. The monoisotopic (exact) mass is 639 g/mol. The summed E-state index contributed by atoms with van der Waals surface area (Å²) >= 11 is 0. The van der Waals surface area contributed by atoms with E-state index < -0.39 is 17.8 Å². The molecule has 3 heterocycles. The van der Waals surface area contributed by atoms with E-state index in [1.165, 1.54) is 22.9 Å². The van der Waals surface area contributed by atoms with Crippen LogP contribution in [0.4, 0.5) is 16.2 Å². The van der Waals surface area contributed by atoms with E-state index in [9.17, 15) is 14.4 Å². The number of hydrogen-bond donors (Lipinski definition) is 1. The molecule has 7 rings (SSSR count). The van der Waals surface area contributed by atoms with Gasteiger partial charge < -0.3 is 14.4 Å². The summed E-state index contributed by atoms with van der Waals surface area (Å²) in [5.41, 5.74) is 6.57. The summed E-state index contributed by atoms with van der Waals surface area (Å²) in [6.45, 7) is 8.10. The highest BCUT2D eigenvalue weighted by molar-refractivity contribution is 6.39. The molecule has 8 heteroatoms. The molecule has 4 aromatic rings. The van der Waals surface area contributed by atoms with Crippen molar-refractivity contribution in [2.45, 2.75) is 31.6 Å². The Bertz CT molecular complexity index is 1850. The molecule has 2 atom stereocenters. The summed E-state index contributed by atoms with van der Waals surface area (Å²) < 4.78 is 11.5. The molecule has 1 saturated heterocycles. The molecule has 0 unspecified atom stereocenters. The van der Waals surface area contributed by atoms with Crippen LogP contribution >= 0.6 is 0 Å². The van der Waals surface area contributed by atoms with Crippen LogP contribution in [-0.2, 0) is 9.59 Å². The quantitative estimate of drug-likeness (QED) is 0.119. The molecule has 0 aliphatic carbocycles. The number of urea groups is 1. The number of barbiturate groups is 1. The van der Waals surface area contributed by atoms with Crippen molar-refractivity contribution in [2.75, 3.05) is 36.1 Å². The molecule has 1 N–H and O–H groups in total. The van der Waals surface area contributed by atoms with Gasteiger partial charge in [-0.1, -0.05) is 79.4 Å². The van der Waals surface area contributed by atoms with E-state index in [1.54, 1.807) is 24.3 Å². The Labute approximate surface area is 280 Å². The van der Waals surface area contributed by atoms with Crippen LogP contribution in [0.3, 0.4) is 0 Å². The van der Waals surface area contributed by atoms with Gasteiger partial charge in [-0.25, -0.2) is 9.69 Å². The predicted octanol–water partition coefficient (Wildman–Crippen LogP) is 7.19. The van der Waals surface area contributed by atoms with Gasteiger partial charge in [0.15, 0.2) is 11.5 Å². The van der Waals surface area contributed by atoms with Crippen LogP contribution in [0.25, 0.3) is 6.08 Å². The van der Waals surface area contributed by atoms with E-state index in [-0.39, 0.29) is 17.4 Å². The number of benzene rings is 4. The molecular formula is C40H37N3O5. The zero-order chi connectivity index (χ0) is 33.2. The maximum Gasteiger partial charge on any atom is 0.335 e. The van der Waals surface area contributed by atoms with Crippen molar-refractivity contribution in [2.24, 2.45) is 0 Å². The molecule has 0 saturated carbocycles. The van der Waals surface area contributed by atoms with Gasteiger partial charge in [-0.05, 0) is 77.9 Å². The predicted molar refractivity (Wildman–Crippen MR) is 187 cm³/mol. The molecule has 3 aliphatic rings. The Balaban J connectivity index is 1.34. The van der Waals surface area contributed by atoms with Crippen molar-refractivity contribution in [1.29, 1.82) is 0 Å². The lowest BCUT2D eigenvalue weighted by Gasteiger charge is -2.44. The maximum absolute atomic E-state index is 14.2. The van der Waals surface area contributed by atoms with Crippen molar-refractivity contribution in [3.8, 4) is 11.5 Å². The highest BCUT2D eigenvalue weighted by atomic mass is 16.5. The molecule has 4 amide bonds. The van der Waals surface area contributed by atoms with E-state index in [2.05, 4.69) is 41.1 Å². The molecule has 3 aliphatic heterocycles. The lowest BCUT2D eigenvalue weighted by molar-refractivity contribution is -0.122. The smallest absolute Gasteiger partial charge is 0.335 e. The number of nitrogens with one attached hydrogen (secondary N) is 1. The Hall–Kier alpha value is -5.63. The van der Waals surface area contributed by atoms with Gasteiger partial charge in [-0.2, -0.15) is 0 Å².